The van der Waals surface area contributed by atoms with E-state index in [9.17, 15) is 0 Å². The molecule has 0 aliphatic rings. The van der Waals surface area contributed by atoms with E-state index < -0.39 is 8.07 Å². The van der Waals surface area contributed by atoms with E-state index in [-0.39, 0.29) is 0 Å². The van der Waals surface area contributed by atoms with Crippen molar-refractivity contribution >= 4 is 13.3 Å². The number of rotatable bonds is 2. The van der Waals surface area contributed by atoms with Gasteiger partial charge in [0.1, 0.15) is 8.07 Å². The van der Waals surface area contributed by atoms with Gasteiger partial charge in [-0.1, -0.05) is 55.2 Å². The smallest absolute Gasteiger partial charge is 0.112 e. The molecule has 1 aromatic rings. The van der Waals surface area contributed by atoms with Crippen molar-refractivity contribution in [3.05, 3.63) is 48.3 Å². The van der Waals surface area contributed by atoms with E-state index in [1.807, 2.05) is 6.07 Å². The van der Waals surface area contributed by atoms with Gasteiger partial charge in [0.05, 0.1) is 0 Å². The van der Waals surface area contributed by atoms with Gasteiger partial charge in [-0.25, -0.2) is 0 Å². The summed E-state index contributed by atoms with van der Waals surface area (Å²) >= 11 is 0. The minimum absolute atomic E-state index is 1.38. The molecule has 0 radical (unpaired) electrons. The monoisotopic (exact) mass is 174 g/mol. The van der Waals surface area contributed by atoms with E-state index in [2.05, 4.69) is 55.4 Å². The Morgan fingerprint density at radius 2 is 1.83 bits per heavy atom. The van der Waals surface area contributed by atoms with Crippen LogP contribution in [0.3, 0.4) is 0 Å². The second kappa shape index (κ2) is 3.57. The van der Waals surface area contributed by atoms with Crippen LogP contribution in [0.5, 0.6) is 0 Å². The molecule has 0 unspecified atom stereocenters. The summed E-state index contributed by atoms with van der Waals surface area (Å²) in [4.78, 5) is 0. The lowest BCUT2D eigenvalue weighted by molar-refractivity contribution is 1.71. The maximum atomic E-state index is 3.63. The first kappa shape index (κ1) is 9.05. The Balaban J connectivity index is 3.05. The van der Waals surface area contributed by atoms with Crippen LogP contribution < -0.4 is 5.19 Å². The van der Waals surface area contributed by atoms with E-state index in [1.54, 1.807) is 0 Å². The van der Waals surface area contributed by atoms with Gasteiger partial charge in [-0.2, -0.15) is 0 Å². The van der Waals surface area contributed by atoms with Crippen LogP contribution in [0, 0.1) is 0 Å². The van der Waals surface area contributed by atoms with Gasteiger partial charge in [-0.15, -0.1) is 5.73 Å². The molecule has 0 aromatic heterocycles. The van der Waals surface area contributed by atoms with Crippen LogP contribution in [0.25, 0.3) is 0 Å². The molecule has 0 amide bonds. The molecular formula is C11H14Si. The van der Waals surface area contributed by atoms with Crippen molar-refractivity contribution in [3.8, 4) is 0 Å². The van der Waals surface area contributed by atoms with Crippen molar-refractivity contribution in [2.24, 2.45) is 0 Å². The van der Waals surface area contributed by atoms with E-state index in [0.29, 0.717) is 0 Å². The summed E-state index contributed by atoms with van der Waals surface area (Å²) in [5, 5.41) is 1.43. The van der Waals surface area contributed by atoms with E-state index in [4.69, 9.17) is 0 Å². The van der Waals surface area contributed by atoms with Crippen LogP contribution in [0.15, 0.2) is 48.3 Å². The van der Waals surface area contributed by atoms with Crippen LogP contribution in [0.4, 0.5) is 0 Å². The van der Waals surface area contributed by atoms with Gasteiger partial charge >= 0.3 is 0 Å². The number of hydrogen-bond donors (Lipinski definition) is 0. The molecule has 0 nitrogen and oxygen atoms in total. The van der Waals surface area contributed by atoms with Crippen molar-refractivity contribution in [3.63, 3.8) is 0 Å². The van der Waals surface area contributed by atoms with Crippen molar-refractivity contribution in [2.45, 2.75) is 13.1 Å². The maximum Gasteiger partial charge on any atom is 0.112 e. The highest BCUT2D eigenvalue weighted by molar-refractivity contribution is 6.93. The molecule has 1 rings (SSSR count). The van der Waals surface area contributed by atoms with Crippen LogP contribution in [-0.2, 0) is 0 Å². The molecule has 12 heavy (non-hydrogen) atoms. The number of hydrogen-bond acceptors (Lipinski definition) is 0. The third-order valence-corrected chi connectivity index (χ3v) is 4.73. The van der Waals surface area contributed by atoms with E-state index in [0.717, 1.165) is 0 Å². The molecule has 0 saturated heterocycles. The molecule has 1 heteroatoms. The van der Waals surface area contributed by atoms with Crippen molar-refractivity contribution < 1.29 is 0 Å². The molecule has 0 N–H and O–H groups in total. The molecule has 0 bridgehead atoms. The Hall–Kier alpha value is -1.04. The molecule has 0 atom stereocenters. The maximum absolute atomic E-state index is 3.63. The topological polar surface area (TPSA) is 0 Å². The van der Waals surface area contributed by atoms with Gasteiger partial charge in [-0.05, 0) is 5.70 Å². The molecular weight excluding hydrogens is 160 g/mol. The van der Waals surface area contributed by atoms with E-state index >= 15 is 0 Å². The Bertz CT molecular complexity index is 292. The second-order valence-electron chi connectivity index (χ2n) is 3.44. The second-order valence-corrected chi connectivity index (χ2v) is 7.75. The van der Waals surface area contributed by atoms with Gasteiger partial charge in [0, 0.05) is 0 Å². The number of benzene rings is 1. The summed E-state index contributed by atoms with van der Waals surface area (Å²) in [6, 6.07) is 10.6. The van der Waals surface area contributed by atoms with Crippen LogP contribution in [0.1, 0.15) is 0 Å². The average molecular weight is 174 g/mol. The quantitative estimate of drug-likeness (QED) is 0.477. The van der Waals surface area contributed by atoms with Crippen molar-refractivity contribution in [2.75, 3.05) is 0 Å². The Morgan fingerprint density at radius 3 is 2.33 bits per heavy atom. The predicted molar refractivity (Wildman–Crippen MR) is 57.3 cm³/mol. The third kappa shape index (κ3) is 1.97. The third-order valence-electron chi connectivity index (χ3n) is 1.98. The van der Waals surface area contributed by atoms with Crippen LogP contribution >= 0.6 is 0 Å². The first-order valence-electron chi connectivity index (χ1n) is 4.09. The zero-order chi connectivity index (χ0) is 9.03. The highest BCUT2D eigenvalue weighted by Gasteiger charge is 2.18. The van der Waals surface area contributed by atoms with Gasteiger partial charge in [0.15, 0.2) is 0 Å². The Labute approximate surface area is 75.3 Å². The zero-order valence-electron chi connectivity index (χ0n) is 7.67. The lowest BCUT2D eigenvalue weighted by Gasteiger charge is -2.16. The fourth-order valence-electron chi connectivity index (χ4n) is 1.21. The summed E-state index contributed by atoms with van der Waals surface area (Å²) in [5.74, 6) is 0. The van der Waals surface area contributed by atoms with Gasteiger partial charge in [-0.3, -0.25) is 0 Å². The lowest BCUT2D eigenvalue weighted by Crippen LogP contribution is -2.38. The largest absolute Gasteiger partial charge is 0.137 e. The Morgan fingerprint density at radius 1 is 1.25 bits per heavy atom. The summed E-state index contributed by atoms with van der Waals surface area (Å²) in [5.41, 5.74) is 5.02. The minimum atomic E-state index is -1.38. The molecule has 0 fully saturated rings. The first-order valence-corrected chi connectivity index (χ1v) is 7.17. The standard InChI is InChI=1S/C11H14Si/c1-4-10-12(2,3)11-8-6-5-7-9-11/h5-10H,1H2,2-3H3. The fourth-order valence-corrected chi connectivity index (χ4v) is 2.93. The van der Waals surface area contributed by atoms with Gasteiger partial charge in [0.25, 0.3) is 0 Å². The van der Waals surface area contributed by atoms with Crippen molar-refractivity contribution in [1.29, 1.82) is 0 Å². The normalized spacial score (nSPS) is 10.5. The summed E-state index contributed by atoms with van der Waals surface area (Å²) in [7, 11) is -1.38. The minimum Gasteiger partial charge on any atom is -0.137 e. The molecule has 0 spiro atoms. The highest BCUT2D eigenvalue weighted by atomic mass is 28.3. The fraction of sp³-hybridized carbons (Fsp3) is 0.182. The van der Waals surface area contributed by atoms with Gasteiger partial charge in [0.2, 0.25) is 0 Å². The van der Waals surface area contributed by atoms with E-state index in [1.165, 1.54) is 5.19 Å². The summed E-state index contributed by atoms with van der Waals surface area (Å²) < 4.78 is 0. The van der Waals surface area contributed by atoms with Crippen LogP contribution in [-0.4, -0.2) is 8.07 Å². The van der Waals surface area contributed by atoms with Gasteiger partial charge < -0.3 is 0 Å². The predicted octanol–water partition coefficient (Wildman–Crippen LogP) is 2.48. The summed E-state index contributed by atoms with van der Waals surface area (Å²) in [6.45, 7) is 8.21. The highest BCUT2D eigenvalue weighted by Crippen LogP contribution is 2.03. The molecule has 0 aliphatic carbocycles. The molecule has 0 heterocycles. The molecule has 62 valence electrons. The molecule has 0 saturated carbocycles. The first-order chi connectivity index (χ1) is 5.67. The lowest BCUT2D eigenvalue weighted by atomic mass is 10.4. The average Bonchev–Trinajstić information content (AvgIpc) is 2.06. The summed E-state index contributed by atoms with van der Waals surface area (Å²) in [6.07, 6.45) is 0. The SMILES string of the molecule is C=C=C[Si](C)(C)c1ccccc1. The van der Waals surface area contributed by atoms with Crippen molar-refractivity contribution in [1.82, 2.24) is 0 Å². The molecule has 0 aliphatic heterocycles. The Kier molecular flexibility index (Phi) is 2.69. The van der Waals surface area contributed by atoms with Crippen LogP contribution in [0.2, 0.25) is 13.1 Å². The zero-order valence-corrected chi connectivity index (χ0v) is 8.67. The molecule has 1 aromatic carbocycles.